The molecule has 9 nitrogen and oxygen atoms in total. The Kier molecular flexibility index (Phi) is 7.06. The molecule has 4 rings (SSSR count). The number of phenols is 1. The van der Waals surface area contributed by atoms with Crippen LogP contribution in [0.1, 0.15) is 45.1 Å². The molecule has 10 atom stereocenters. The summed E-state index contributed by atoms with van der Waals surface area (Å²) in [6, 6.07) is 6.32. The number of aromatic hydroxyl groups is 1. The molecule has 0 radical (unpaired) electrons. The lowest BCUT2D eigenvalue weighted by atomic mass is 9.73. The number of phenolic OH excluding ortho intramolecular Hbond substituents is 1. The van der Waals surface area contributed by atoms with E-state index in [0.717, 1.165) is 5.56 Å². The highest BCUT2D eigenvalue weighted by atomic mass is 16.8. The summed E-state index contributed by atoms with van der Waals surface area (Å²) < 4.78 is 18.1. The van der Waals surface area contributed by atoms with Crippen LogP contribution in [-0.2, 0) is 20.6 Å². The van der Waals surface area contributed by atoms with Crippen molar-refractivity contribution in [3.63, 3.8) is 0 Å². The fourth-order valence-electron chi connectivity index (χ4n) is 5.83. The maximum atomic E-state index is 11.7. The molecule has 1 saturated carbocycles. The van der Waals surface area contributed by atoms with Gasteiger partial charge in [0.1, 0.15) is 23.6 Å². The molecule has 33 heavy (non-hydrogen) atoms. The summed E-state index contributed by atoms with van der Waals surface area (Å²) in [7, 11) is 1.68. The maximum absolute atomic E-state index is 11.7. The predicted molar refractivity (Wildman–Crippen MR) is 118 cm³/mol. The molecule has 3 unspecified atom stereocenters. The summed E-state index contributed by atoms with van der Waals surface area (Å²) in [6.07, 6.45) is -3.34. The van der Waals surface area contributed by atoms with E-state index in [-0.39, 0.29) is 18.6 Å². The second-order valence-corrected chi connectivity index (χ2v) is 9.79. The number of aliphatic hydroxyl groups excluding tert-OH is 2. The van der Waals surface area contributed by atoms with Crippen LogP contribution in [0.5, 0.6) is 5.75 Å². The maximum Gasteiger partial charge on any atom is 0.248 e. The average Bonchev–Trinajstić information content (AvgIpc) is 2.75. The Bertz CT molecular complexity index is 825. The van der Waals surface area contributed by atoms with Crippen LogP contribution in [0.15, 0.2) is 24.3 Å². The van der Waals surface area contributed by atoms with E-state index in [9.17, 15) is 25.5 Å². The number of aryl methyl sites for hydroxylation is 1. The first-order valence-corrected chi connectivity index (χ1v) is 11.9. The first-order chi connectivity index (χ1) is 15.6. The summed E-state index contributed by atoms with van der Waals surface area (Å²) in [6.45, 7) is 3.68. The van der Waals surface area contributed by atoms with Gasteiger partial charge in [-0.15, -0.1) is 0 Å². The molecule has 186 valence electrons. The number of benzene rings is 1. The molecular weight excluding hydrogens is 430 g/mol. The quantitative estimate of drug-likeness (QED) is 0.351. The highest BCUT2D eigenvalue weighted by Crippen LogP contribution is 2.49. The zero-order valence-corrected chi connectivity index (χ0v) is 19.4. The van der Waals surface area contributed by atoms with Crippen molar-refractivity contribution in [3.8, 4) is 5.75 Å². The highest BCUT2D eigenvalue weighted by Gasteiger charge is 2.68. The monoisotopic (exact) mass is 467 g/mol. The normalized spacial score (nSPS) is 45.3. The Hall–Kier alpha value is -1.30. The van der Waals surface area contributed by atoms with Crippen molar-refractivity contribution in [3.05, 3.63) is 29.8 Å². The Morgan fingerprint density at radius 1 is 1.12 bits per heavy atom. The van der Waals surface area contributed by atoms with Gasteiger partial charge >= 0.3 is 0 Å². The third-order valence-corrected chi connectivity index (χ3v) is 7.59. The zero-order chi connectivity index (χ0) is 24.0. The standard InChI is InChI=1S/C24H37NO8/c1-4-16-18(27)17(25-3)20-21(19(16)28)32-22-24(30,33-20)23(29,12-13(2)31-22)10-6-8-14-7-5-9-15(26)11-14/h5,7,9,11,13,16-22,25-30H,4,6,8,10,12H2,1-3H3/t13-,16-,17+,18+,19+,20?,21?,22?,23+,24-/m1/s1. The third-order valence-electron chi connectivity index (χ3n) is 7.59. The smallest absolute Gasteiger partial charge is 0.248 e. The van der Waals surface area contributed by atoms with Gasteiger partial charge in [-0.3, -0.25) is 0 Å². The van der Waals surface area contributed by atoms with E-state index in [0.29, 0.717) is 19.3 Å². The molecule has 2 saturated heterocycles. The second-order valence-electron chi connectivity index (χ2n) is 9.79. The van der Waals surface area contributed by atoms with Gasteiger partial charge in [-0.1, -0.05) is 19.1 Å². The lowest BCUT2D eigenvalue weighted by Crippen LogP contribution is -2.78. The Morgan fingerprint density at radius 3 is 2.55 bits per heavy atom. The number of rotatable bonds is 6. The van der Waals surface area contributed by atoms with Gasteiger partial charge in [0.05, 0.1) is 24.4 Å². The molecule has 1 aromatic rings. The molecule has 2 aliphatic heterocycles. The van der Waals surface area contributed by atoms with E-state index in [2.05, 4.69) is 5.32 Å². The van der Waals surface area contributed by atoms with Crippen LogP contribution in [0.4, 0.5) is 0 Å². The van der Waals surface area contributed by atoms with E-state index in [4.69, 9.17) is 14.2 Å². The number of hydrogen-bond donors (Lipinski definition) is 6. The summed E-state index contributed by atoms with van der Waals surface area (Å²) in [4.78, 5) is 0. The summed E-state index contributed by atoms with van der Waals surface area (Å²) in [5.41, 5.74) is -0.755. The fourth-order valence-corrected chi connectivity index (χ4v) is 5.83. The lowest BCUT2D eigenvalue weighted by Gasteiger charge is -2.60. The number of fused-ring (bicyclic) bond motifs is 2. The first-order valence-electron chi connectivity index (χ1n) is 11.9. The number of hydrogen-bond acceptors (Lipinski definition) is 9. The molecule has 0 aromatic heterocycles. The minimum absolute atomic E-state index is 0.133. The van der Waals surface area contributed by atoms with E-state index in [1.807, 2.05) is 13.0 Å². The van der Waals surface area contributed by atoms with Gasteiger partial charge in [-0.05, 0) is 57.4 Å². The van der Waals surface area contributed by atoms with Crippen LogP contribution in [0, 0.1) is 5.92 Å². The van der Waals surface area contributed by atoms with Gasteiger partial charge in [-0.2, -0.15) is 0 Å². The van der Waals surface area contributed by atoms with Crippen molar-refractivity contribution >= 4 is 0 Å². The van der Waals surface area contributed by atoms with Crippen molar-refractivity contribution in [2.75, 3.05) is 7.05 Å². The number of likely N-dealkylation sites (N-methyl/N-ethyl adjacent to an activating group) is 1. The van der Waals surface area contributed by atoms with E-state index in [1.54, 1.807) is 32.2 Å². The molecule has 1 aliphatic carbocycles. The van der Waals surface area contributed by atoms with E-state index >= 15 is 0 Å². The second kappa shape index (κ2) is 9.39. The molecule has 0 bridgehead atoms. The van der Waals surface area contributed by atoms with Gasteiger partial charge < -0.3 is 45.1 Å². The average molecular weight is 468 g/mol. The van der Waals surface area contributed by atoms with E-state index in [1.165, 1.54) is 0 Å². The highest BCUT2D eigenvalue weighted by molar-refractivity contribution is 5.27. The zero-order valence-electron chi connectivity index (χ0n) is 19.4. The SMILES string of the molecule is CC[C@@H]1[C@H](O)[C@H](NC)C2O[C@]3(O)C(OC2[C@H]1O)O[C@H](C)C[C@@]3(O)CCCc1cccc(O)c1. The molecule has 2 heterocycles. The van der Waals surface area contributed by atoms with Crippen LogP contribution in [0.25, 0.3) is 0 Å². The van der Waals surface area contributed by atoms with Gasteiger partial charge in [0, 0.05) is 12.3 Å². The van der Waals surface area contributed by atoms with Crippen LogP contribution >= 0.6 is 0 Å². The van der Waals surface area contributed by atoms with Crippen molar-refractivity contribution < 1.29 is 39.7 Å². The molecule has 0 spiro atoms. The molecule has 3 fully saturated rings. The summed E-state index contributed by atoms with van der Waals surface area (Å²) >= 11 is 0. The van der Waals surface area contributed by atoms with Crippen LogP contribution in [0.2, 0.25) is 0 Å². The minimum Gasteiger partial charge on any atom is -0.508 e. The molecule has 3 aliphatic rings. The lowest BCUT2D eigenvalue weighted by molar-refractivity contribution is -0.485. The fraction of sp³-hybridized carbons (Fsp3) is 0.750. The van der Waals surface area contributed by atoms with Crippen LogP contribution in [0.3, 0.4) is 0 Å². The summed E-state index contributed by atoms with van der Waals surface area (Å²) in [5.74, 6) is -2.43. The van der Waals surface area contributed by atoms with Gasteiger partial charge in [-0.25, -0.2) is 0 Å². The minimum atomic E-state index is -2.17. The van der Waals surface area contributed by atoms with Crippen molar-refractivity contribution in [1.82, 2.24) is 5.32 Å². The molecule has 0 amide bonds. The van der Waals surface area contributed by atoms with E-state index < -0.39 is 60.2 Å². The summed E-state index contributed by atoms with van der Waals surface area (Å²) in [5, 5.41) is 57.8. The third kappa shape index (κ3) is 4.30. The Morgan fingerprint density at radius 2 is 1.88 bits per heavy atom. The number of aliphatic hydroxyl groups is 4. The largest absolute Gasteiger partial charge is 0.508 e. The van der Waals surface area contributed by atoms with Crippen molar-refractivity contribution in [2.24, 2.45) is 5.92 Å². The Balaban J connectivity index is 1.57. The van der Waals surface area contributed by atoms with Crippen LogP contribution < -0.4 is 5.32 Å². The molecular formula is C24H37NO8. The van der Waals surface area contributed by atoms with Crippen molar-refractivity contribution in [1.29, 1.82) is 0 Å². The molecule has 6 N–H and O–H groups in total. The first kappa shape index (κ1) is 24.8. The number of ether oxygens (including phenoxy) is 3. The van der Waals surface area contributed by atoms with Crippen molar-refractivity contribution in [2.45, 2.75) is 100 Å². The molecule has 1 aromatic carbocycles. The topological polar surface area (TPSA) is 141 Å². The molecule has 9 heteroatoms. The van der Waals surface area contributed by atoms with Gasteiger partial charge in [0.2, 0.25) is 12.1 Å². The van der Waals surface area contributed by atoms with Gasteiger partial charge in [0.15, 0.2) is 0 Å². The van der Waals surface area contributed by atoms with Crippen LogP contribution in [-0.4, -0.2) is 86.8 Å². The predicted octanol–water partition coefficient (Wildman–Crippen LogP) is 0.403. The number of nitrogens with one attached hydrogen (secondary N) is 1. The van der Waals surface area contributed by atoms with Gasteiger partial charge in [0.25, 0.3) is 0 Å². The Labute approximate surface area is 194 Å².